The molecule has 0 nitrogen and oxygen atoms in total. The summed E-state index contributed by atoms with van der Waals surface area (Å²) in [6, 6.07) is 2.05. The molecule has 0 saturated heterocycles. The van der Waals surface area contributed by atoms with Crippen LogP contribution in [0, 0.1) is 19.7 Å². The fraction of sp³-hybridized carbons (Fsp3) is 0.167. The second-order valence-electron chi connectivity index (χ2n) is 1.21. The minimum Gasteiger partial charge on any atom is -0.358 e. The smallest absolute Gasteiger partial charge is 0.358 e. The summed E-state index contributed by atoms with van der Waals surface area (Å²) in [5, 5.41) is 5.06. The van der Waals surface area contributed by atoms with Gasteiger partial charge in [-0.15, -0.1) is 5.38 Å². The van der Waals surface area contributed by atoms with Crippen molar-refractivity contribution in [3.63, 3.8) is 0 Å². The second kappa shape index (κ2) is 5.60. The molecule has 1 rings (SSSR count). The van der Waals surface area contributed by atoms with E-state index in [-0.39, 0.29) is 30.5 Å². The zero-order valence-corrected chi connectivity index (χ0v) is 7.50. The molecule has 0 unspecified atom stereocenters. The van der Waals surface area contributed by atoms with Crippen LogP contribution in [0.5, 0.6) is 0 Å². The predicted octanol–water partition coefficient (Wildman–Crippen LogP) is 1.93. The van der Waals surface area contributed by atoms with Crippen LogP contribution in [0.3, 0.4) is 0 Å². The van der Waals surface area contributed by atoms with Crippen LogP contribution in [0.2, 0.25) is 0 Å². The van der Waals surface area contributed by atoms with Crippen LogP contribution in [0.1, 0.15) is 5.56 Å². The summed E-state index contributed by atoms with van der Waals surface area (Å²) >= 11 is 1.61. The molecule has 0 spiro atoms. The van der Waals surface area contributed by atoms with E-state index in [4.69, 9.17) is 0 Å². The molecule has 0 N–H and O–H groups in total. The average molecular weight is 137 g/mol. The van der Waals surface area contributed by atoms with Gasteiger partial charge in [0.05, 0.1) is 0 Å². The van der Waals surface area contributed by atoms with E-state index in [1.165, 1.54) is 5.56 Å². The largest absolute Gasteiger partial charge is 2.00 e. The molecule has 0 aliphatic heterocycles. The molecule has 1 aromatic rings. The van der Waals surface area contributed by atoms with Gasteiger partial charge in [-0.1, -0.05) is 6.92 Å². The van der Waals surface area contributed by atoms with Crippen LogP contribution in [0.25, 0.3) is 0 Å². The Bertz CT molecular complexity index is 112. The third kappa shape index (κ3) is 3.47. The van der Waals surface area contributed by atoms with Crippen LogP contribution < -0.4 is 0 Å². The Hall–Kier alpha value is 0.466. The molecular formula is C6H8MgS. The molecule has 0 bridgehead atoms. The van der Waals surface area contributed by atoms with E-state index in [9.17, 15) is 0 Å². The average Bonchev–Trinajstić information content (AvgIpc) is 1.86. The first-order valence-electron chi connectivity index (χ1n) is 1.81. The maximum atomic E-state index is 3.04. The normalized spacial score (nSPS) is 6.62. The Morgan fingerprint density at radius 3 is 2.38 bits per heavy atom. The summed E-state index contributed by atoms with van der Waals surface area (Å²) in [4.78, 5) is 0. The van der Waals surface area contributed by atoms with Gasteiger partial charge in [0.15, 0.2) is 0 Å². The molecule has 0 fully saturated rings. The van der Waals surface area contributed by atoms with E-state index in [1.54, 1.807) is 11.3 Å². The van der Waals surface area contributed by atoms with Crippen molar-refractivity contribution in [2.45, 2.75) is 6.92 Å². The molecule has 0 amide bonds. The minimum absolute atomic E-state index is 0. The zero-order valence-electron chi connectivity index (χ0n) is 5.27. The summed E-state index contributed by atoms with van der Waals surface area (Å²) in [5.41, 5.74) is 1.24. The first kappa shape index (κ1) is 11.3. The first-order chi connectivity index (χ1) is 2.89. The molecule has 0 saturated carbocycles. The van der Waals surface area contributed by atoms with E-state index in [2.05, 4.69) is 5.38 Å². The van der Waals surface area contributed by atoms with Gasteiger partial charge < -0.3 is 18.8 Å². The molecule has 0 aromatic carbocycles. The Kier molecular flexibility index (Phi) is 7.90. The van der Waals surface area contributed by atoms with Crippen LogP contribution in [-0.4, -0.2) is 23.1 Å². The third-order valence-electron chi connectivity index (χ3n) is 0.606. The number of aryl methyl sites for hydroxylation is 1. The summed E-state index contributed by atoms with van der Waals surface area (Å²) in [6.45, 7) is 2.04. The molecule has 2 heteroatoms. The molecule has 0 aliphatic rings. The maximum Gasteiger partial charge on any atom is 2.00 e. The summed E-state index contributed by atoms with van der Waals surface area (Å²) in [6.07, 6.45) is 0. The first-order valence-corrected chi connectivity index (χ1v) is 2.69. The van der Waals surface area contributed by atoms with Gasteiger partial charge in [-0.25, -0.2) is 6.07 Å². The van der Waals surface area contributed by atoms with E-state index < -0.39 is 0 Å². The van der Waals surface area contributed by atoms with Crippen molar-refractivity contribution in [1.82, 2.24) is 0 Å². The fourth-order valence-corrected chi connectivity index (χ4v) is 0.891. The number of thiophene rings is 1. The van der Waals surface area contributed by atoms with Crippen molar-refractivity contribution >= 4 is 34.4 Å². The molecule has 1 heterocycles. The molecule has 8 heavy (non-hydrogen) atoms. The van der Waals surface area contributed by atoms with Gasteiger partial charge in [0.2, 0.25) is 0 Å². The van der Waals surface area contributed by atoms with Gasteiger partial charge in [0.1, 0.15) is 0 Å². The van der Waals surface area contributed by atoms with Crippen molar-refractivity contribution in [1.29, 1.82) is 0 Å². The second-order valence-corrected chi connectivity index (χ2v) is 1.92. The SMILES string of the molecule is Cc1[c-]scc1.[CH3-].[Mg+2]. The monoisotopic (exact) mass is 136 g/mol. The Balaban J connectivity index is 0. The van der Waals surface area contributed by atoms with E-state index in [0.717, 1.165) is 0 Å². The fourth-order valence-electron chi connectivity index (χ4n) is 0.297. The van der Waals surface area contributed by atoms with E-state index in [0.29, 0.717) is 0 Å². The summed E-state index contributed by atoms with van der Waals surface area (Å²) < 4.78 is 0. The standard InChI is InChI=1S/C5H5S.CH3.Mg/c1-5-2-3-6-4-5;;/h2-3H,1H3;1H3;/q2*-1;+2. The quantitative estimate of drug-likeness (QED) is 0.378. The van der Waals surface area contributed by atoms with E-state index >= 15 is 0 Å². The third-order valence-corrected chi connectivity index (χ3v) is 1.32. The van der Waals surface area contributed by atoms with Crippen molar-refractivity contribution < 1.29 is 0 Å². The molecule has 40 valence electrons. The van der Waals surface area contributed by atoms with Crippen molar-refractivity contribution in [2.24, 2.45) is 0 Å². The zero-order chi connectivity index (χ0) is 4.41. The molecular weight excluding hydrogens is 128 g/mol. The van der Waals surface area contributed by atoms with Gasteiger partial charge in [-0.2, -0.15) is 10.9 Å². The molecule has 0 radical (unpaired) electrons. The van der Waals surface area contributed by atoms with Crippen molar-refractivity contribution in [3.05, 3.63) is 29.8 Å². The molecule has 1 aromatic heterocycles. The summed E-state index contributed by atoms with van der Waals surface area (Å²) in [7, 11) is 0. The minimum atomic E-state index is 0. The van der Waals surface area contributed by atoms with Crippen LogP contribution in [0.4, 0.5) is 0 Å². The van der Waals surface area contributed by atoms with E-state index in [1.807, 2.05) is 18.4 Å². The van der Waals surface area contributed by atoms with Crippen LogP contribution in [-0.2, 0) is 0 Å². The summed E-state index contributed by atoms with van der Waals surface area (Å²) in [5.74, 6) is 0. The van der Waals surface area contributed by atoms with Crippen molar-refractivity contribution in [3.8, 4) is 0 Å². The van der Waals surface area contributed by atoms with Crippen LogP contribution in [0.15, 0.2) is 11.4 Å². The van der Waals surface area contributed by atoms with Crippen molar-refractivity contribution in [2.75, 3.05) is 0 Å². The van der Waals surface area contributed by atoms with Gasteiger partial charge in [-0.05, 0) is 0 Å². The Labute approximate surface area is 71.1 Å². The number of rotatable bonds is 0. The molecule has 0 atom stereocenters. The maximum absolute atomic E-state index is 3.04. The van der Waals surface area contributed by atoms with Crippen LogP contribution >= 0.6 is 11.3 Å². The Morgan fingerprint density at radius 1 is 1.62 bits per heavy atom. The number of hydrogen-bond acceptors (Lipinski definition) is 1. The number of hydrogen-bond donors (Lipinski definition) is 0. The Morgan fingerprint density at radius 2 is 2.25 bits per heavy atom. The van der Waals surface area contributed by atoms with Gasteiger partial charge in [-0.3, -0.25) is 0 Å². The molecule has 0 aliphatic carbocycles. The van der Waals surface area contributed by atoms with Gasteiger partial charge in [0, 0.05) is 0 Å². The topological polar surface area (TPSA) is 0 Å². The van der Waals surface area contributed by atoms with Gasteiger partial charge >= 0.3 is 23.1 Å². The predicted molar refractivity (Wildman–Crippen MR) is 40.1 cm³/mol. The van der Waals surface area contributed by atoms with Gasteiger partial charge in [0.25, 0.3) is 0 Å².